The summed E-state index contributed by atoms with van der Waals surface area (Å²) in [6.07, 6.45) is 0. The van der Waals surface area contributed by atoms with Crippen LogP contribution in [0, 0.1) is 0 Å². The van der Waals surface area contributed by atoms with E-state index in [1.165, 1.54) is 32.4 Å². The average Bonchev–Trinajstić information content (AvgIpc) is 2.78. The molecule has 0 bridgehead atoms. The van der Waals surface area contributed by atoms with Crippen LogP contribution in [0.25, 0.3) is 0 Å². The van der Waals surface area contributed by atoms with Gasteiger partial charge in [0.05, 0.1) is 31.9 Å². The van der Waals surface area contributed by atoms with Gasteiger partial charge in [-0.05, 0) is 36.4 Å². The number of esters is 2. The summed E-state index contributed by atoms with van der Waals surface area (Å²) in [6, 6.07) is 12.0. The summed E-state index contributed by atoms with van der Waals surface area (Å²) >= 11 is 6.07. The number of ether oxygens (including phenoxy) is 2. The van der Waals surface area contributed by atoms with E-state index < -0.39 is 11.9 Å². The molecule has 3 rings (SSSR count). The van der Waals surface area contributed by atoms with E-state index in [9.17, 15) is 14.4 Å². The Labute approximate surface area is 185 Å². The van der Waals surface area contributed by atoms with Gasteiger partial charge in [-0.3, -0.25) is 9.69 Å². The van der Waals surface area contributed by atoms with Gasteiger partial charge in [-0.15, -0.1) is 0 Å². The average molecular weight is 446 g/mol. The number of piperazine rings is 1. The zero-order valence-electron chi connectivity index (χ0n) is 17.4. The van der Waals surface area contributed by atoms with E-state index in [1.807, 2.05) is 29.2 Å². The molecular formula is C22H24ClN3O5. The van der Waals surface area contributed by atoms with Gasteiger partial charge in [-0.1, -0.05) is 17.7 Å². The van der Waals surface area contributed by atoms with E-state index in [4.69, 9.17) is 21.1 Å². The fourth-order valence-corrected chi connectivity index (χ4v) is 3.60. The minimum atomic E-state index is -0.613. The van der Waals surface area contributed by atoms with E-state index in [2.05, 4.69) is 10.2 Å². The van der Waals surface area contributed by atoms with Crippen molar-refractivity contribution in [3.8, 4) is 0 Å². The summed E-state index contributed by atoms with van der Waals surface area (Å²) in [5.41, 5.74) is 1.68. The molecule has 31 heavy (non-hydrogen) atoms. The number of hydrogen-bond acceptors (Lipinski definition) is 7. The van der Waals surface area contributed by atoms with Gasteiger partial charge in [0, 0.05) is 42.6 Å². The fraction of sp³-hybridized carbons (Fsp3) is 0.318. The number of amides is 1. The van der Waals surface area contributed by atoms with Gasteiger partial charge in [0.2, 0.25) is 5.91 Å². The molecule has 1 amide bonds. The van der Waals surface area contributed by atoms with Crippen molar-refractivity contribution in [2.75, 3.05) is 57.2 Å². The second-order valence-electron chi connectivity index (χ2n) is 7.07. The van der Waals surface area contributed by atoms with E-state index in [-0.39, 0.29) is 23.6 Å². The minimum Gasteiger partial charge on any atom is -0.465 e. The Kier molecular flexibility index (Phi) is 7.49. The molecule has 1 N–H and O–H groups in total. The van der Waals surface area contributed by atoms with Crippen LogP contribution < -0.4 is 10.2 Å². The molecule has 164 valence electrons. The number of carbonyl (C=O) groups is 3. The molecule has 0 aliphatic carbocycles. The van der Waals surface area contributed by atoms with Gasteiger partial charge < -0.3 is 19.7 Å². The highest BCUT2D eigenvalue weighted by atomic mass is 35.5. The molecule has 0 radical (unpaired) electrons. The number of methoxy groups -OCH3 is 2. The lowest BCUT2D eigenvalue weighted by atomic mass is 10.1. The maximum Gasteiger partial charge on any atom is 0.337 e. The van der Waals surface area contributed by atoms with Gasteiger partial charge in [0.1, 0.15) is 0 Å². The van der Waals surface area contributed by atoms with Gasteiger partial charge in [-0.2, -0.15) is 0 Å². The molecule has 2 aromatic rings. The SMILES string of the molecule is COC(=O)c1cc(NC(=O)CN2CCN(c3cccc(Cl)c3)CC2)cc(C(=O)OC)c1. The zero-order valence-corrected chi connectivity index (χ0v) is 18.1. The normalized spacial score (nSPS) is 14.1. The summed E-state index contributed by atoms with van der Waals surface area (Å²) in [5.74, 6) is -1.47. The molecular weight excluding hydrogens is 422 g/mol. The highest BCUT2D eigenvalue weighted by molar-refractivity contribution is 6.30. The quantitative estimate of drug-likeness (QED) is 0.684. The molecule has 1 saturated heterocycles. The van der Waals surface area contributed by atoms with Crippen LogP contribution in [0.2, 0.25) is 5.02 Å². The van der Waals surface area contributed by atoms with Crippen molar-refractivity contribution in [1.82, 2.24) is 4.90 Å². The van der Waals surface area contributed by atoms with Crippen LogP contribution in [0.3, 0.4) is 0 Å². The molecule has 1 aliphatic rings. The lowest BCUT2D eigenvalue weighted by Crippen LogP contribution is -2.48. The molecule has 0 aromatic heterocycles. The summed E-state index contributed by atoms with van der Waals surface area (Å²) < 4.78 is 9.43. The lowest BCUT2D eigenvalue weighted by molar-refractivity contribution is -0.117. The predicted octanol–water partition coefficient (Wildman–Crippen LogP) is 2.67. The highest BCUT2D eigenvalue weighted by Crippen LogP contribution is 2.21. The van der Waals surface area contributed by atoms with Crippen molar-refractivity contribution in [3.05, 3.63) is 58.6 Å². The first-order valence-electron chi connectivity index (χ1n) is 9.74. The highest BCUT2D eigenvalue weighted by Gasteiger charge is 2.20. The van der Waals surface area contributed by atoms with Crippen LogP contribution in [0.1, 0.15) is 20.7 Å². The monoisotopic (exact) mass is 445 g/mol. The molecule has 0 saturated carbocycles. The van der Waals surface area contributed by atoms with Crippen molar-refractivity contribution in [3.63, 3.8) is 0 Å². The lowest BCUT2D eigenvalue weighted by Gasteiger charge is -2.35. The first-order valence-corrected chi connectivity index (χ1v) is 10.1. The smallest absolute Gasteiger partial charge is 0.337 e. The summed E-state index contributed by atoms with van der Waals surface area (Å²) in [6.45, 7) is 3.18. The van der Waals surface area contributed by atoms with Gasteiger partial charge in [0.25, 0.3) is 0 Å². The van der Waals surface area contributed by atoms with Gasteiger partial charge in [-0.25, -0.2) is 9.59 Å². The van der Waals surface area contributed by atoms with E-state index >= 15 is 0 Å². The Morgan fingerprint density at radius 3 is 2.10 bits per heavy atom. The van der Waals surface area contributed by atoms with Crippen molar-refractivity contribution in [1.29, 1.82) is 0 Å². The molecule has 1 fully saturated rings. The third kappa shape index (κ3) is 5.96. The Balaban J connectivity index is 1.60. The Morgan fingerprint density at radius 2 is 1.55 bits per heavy atom. The Morgan fingerprint density at radius 1 is 0.935 bits per heavy atom. The van der Waals surface area contributed by atoms with Crippen LogP contribution in [0.4, 0.5) is 11.4 Å². The van der Waals surface area contributed by atoms with Crippen LogP contribution in [0.15, 0.2) is 42.5 Å². The number of anilines is 2. The van der Waals surface area contributed by atoms with Crippen LogP contribution in [-0.2, 0) is 14.3 Å². The number of hydrogen-bond donors (Lipinski definition) is 1. The van der Waals surface area contributed by atoms with Gasteiger partial charge >= 0.3 is 11.9 Å². The van der Waals surface area contributed by atoms with Crippen molar-refractivity contribution >= 4 is 40.8 Å². The summed E-state index contributed by atoms with van der Waals surface area (Å²) in [7, 11) is 2.49. The maximum absolute atomic E-state index is 12.6. The molecule has 8 nitrogen and oxygen atoms in total. The number of halogens is 1. The van der Waals surface area contributed by atoms with Crippen molar-refractivity contribution < 1.29 is 23.9 Å². The van der Waals surface area contributed by atoms with E-state index in [0.717, 1.165) is 31.9 Å². The van der Waals surface area contributed by atoms with Crippen molar-refractivity contribution in [2.45, 2.75) is 0 Å². The molecule has 1 heterocycles. The second kappa shape index (κ2) is 10.3. The topological polar surface area (TPSA) is 88.2 Å². The molecule has 9 heteroatoms. The standard InChI is InChI=1S/C22H24ClN3O5/c1-30-21(28)15-10-16(22(29)31-2)12-18(11-15)24-20(27)14-25-6-8-26(9-7-25)19-5-3-4-17(23)13-19/h3-5,10-13H,6-9,14H2,1-2H3,(H,24,27). The minimum absolute atomic E-state index is 0.149. The number of rotatable bonds is 6. The van der Waals surface area contributed by atoms with E-state index in [1.54, 1.807) is 0 Å². The predicted molar refractivity (Wildman–Crippen MR) is 118 cm³/mol. The number of carbonyl (C=O) groups excluding carboxylic acids is 3. The van der Waals surface area contributed by atoms with Gasteiger partial charge in [0.15, 0.2) is 0 Å². The third-order valence-corrected chi connectivity index (χ3v) is 5.21. The maximum atomic E-state index is 12.6. The molecule has 0 unspecified atom stereocenters. The zero-order chi connectivity index (χ0) is 22.4. The molecule has 1 aliphatic heterocycles. The fourth-order valence-electron chi connectivity index (χ4n) is 3.41. The number of nitrogens with zero attached hydrogens (tertiary/aromatic N) is 2. The summed E-state index contributed by atoms with van der Waals surface area (Å²) in [4.78, 5) is 40.6. The first-order chi connectivity index (χ1) is 14.9. The summed E-state index contributed by atoms with van der Waals surface area (Å²) in [5, 5.41) is 3.45. The van der Waals surface area contributed by atoms with Crippen molar-refractivity contribution in [2.24, 2.45) is 0 Å². The third-order valence-electron chi connectivity index (χ3n) is 4.97. The largest absolute Gasteiger partial charge is 0.465 e. The number of nitrogens with one attached hydrogen (secondary N) is 1. The van der Waals surface area contributed by atoms with Crippen LogP contribution in [0.5, 0.6) is 0 Å². The molecule has 2 aromatic carbocycles. The number of benzene rings is 2. The first kappa shape index (κ1) is 22.6. The van der Waals surface area contributed by atoms with Crippen LogP contribution in [-0.4, -0.2) is 69.7 Å². The molecule has 0 spiro atoms. The Hall–Kier alpha value is -3.10. The Bertz CT molecular complexity index is 939. The second-order valence-corrected chi connectivity index (χ2v) is 7.51. The van der Waals surface area contributed by atoms with E-state index in [0.29, 0.717) is 10.7 Å². The van der Waals surface area contributed by atoms with Crippen LogP contribution >= 0.6 is 11.6 Å². The molecule has 0 atom stereocenters.